The van der Waals surface area contributed by atoms with Gasteiger partial charge in [-0.2, -0.15) is 0 Å². The number of nitrogens with one attached hydrogen (secondary N) is 1. The number of nitrogens with zero attached hydrogens (tertiary/aromatic N) is 3. The fraction of sp³-hybridized carbons (Fsp3) is 0.438. The average molecular weight is 319 g/mol. The molecule has 0 unspecified atom stereocenters. The van der Waals surface area contributed by atoms with Crippen LogP contribution in [0.3, 0.4) is 0 Å². The van der Waals surface area contributed by atoms with Gasteiger partial charge >= 0.3 is 0 Å². The van der Waals surface area contributed by atoms with E-state index in [4.69, 9.17) is 0 Å². The molecule has 1 aromatic carbocycles. The summed E-state index contributed by atoms with van der Waals surface area (Å²) in [5, 5.41) is 3.59. The van der Waals surface area contributed by atoms with E-state index in [-0.39, 0.29) is 18.3 Å². The highest BCUT2D eigenvalue weighted by Crippen LogP contribution is 2.21. The van der Waals surface area contributed by atoms with Crippen LogP contribution in [-0.4, -0.2) is 45.9 Å². The Hall–Kier alpha value is -1.72. The number of carbonyl (C=O) groups excluding carboxylic acids is 1. The summed E-state index contributed by atoms with van der Waals surface area (Å²) in [6.45, 7) is 1.59. The van der Waals surface area contributed by atoms with Crippen LogP contribution in [0.4, 0.5) is 0 Å². The van der Waals surface area contributed by atoms with Gasteiger partial charge in [0.15, 0.2) is 0 Å². The quantitative estimate of drug-likeness (QED) is 0.874. The first-order chi connectivity index (χ1) is 10.3. The minimum absolute atomic E-state index is 0. The summed E-state index contributed by atoms with van der Waals surface area (Å²) < 4.78 is 0. The second-order valence-corrected chi connectivity index (χ2v) is 5.92. The molecule has 1 aromatic heterocycles. The van der Waals surface area contributed by atoms with Crippen molar-refractivity contribution in [1.82, 2.24) is 20.2 Å². The minimum Gasteiger partial charge on any atom is -0.336 e. The zero-order valence-corrected chi connectivity index (χ0v) is 13.1. The van der Waals surface area contributed by atoms with Crippen molar-refractivity contribution in [3.05, 3.63) is 36.2 Å². The molecule has 2 saturated heterocycles. The molecular formula is C16H19ClN4O. The largest absolute Gasteiger partial charge is 0.336 e. The molecular weight excluding hydrogens is 300 g/mol. The molecule has 0 saturated carbocycles. The van der Waals surface area contributed by atoms with E-state index in [1.165, 1.54) is 6.42 Å². The number of carbonyl (C=O) groups is 1. The Bertz CT molecular complexity index is 693. The van der Waals surface area contributed by atoms with Crippen molar-refractivity contribution < 1.29 is 4.79 Å². The molecule has 22 heavy (non-hydrogen) atoms. The van der Waals surface area contributed by atoms with Crippen molar-refractivity contribution in [3.63, 3.8) is 0 Å². The molecule has 0 spiro atoms. The van der Waals surface area contributed by atoms with Crippen molar-refractivity contribution in [2.45, 2.75) is 31.3 Å². The number of para-hydroxylation sites is 2. The van der Waals surface area contributed by atoms with Gasteiger partial charge in [0.25, 0.3) is 5.91 Å². The van der Waals surface area contributed by atoms with Crippen LogP contribution in [0.25, 0.3) is 11.0 Å². The van der Waals surface area contributed by atoms with Gasteiger partial charge in [-0.3, -0.25) is 9.78 Å². The van der Waals surface area contributed by atoms with Gasteiger partial charge in [0.05, 0.1) is 17.2 Å². The molecule has 2 aliphatic heterocycles. The number of fused-ring (bicyclic) bond motifs is 3. The third kappa shape index (κ3) is 2.78. The first-order valence-electron chi connectivity index (χ1n) is 7.57. The second kappa shape index (κ2) is 6.18. The number of halogens is 1. The lowest BCUT2D eigenvalue weighted by atomic mass is 10.1. The maximum absolute atomic E-state index is 12.7. The normalized spacial score (nSPS) is 23.9. The van der Waals surface area contributed by atoms with Crippen molar-refractivity contribution >= 4 is 29.3 Å². The molecule has 2 fully saturated rings. The first kappa shape index (κ1) is 15.2. The second-order valence-electron chi connectivity index (χ2n) is 5.92. The molecule has 1 amide bonds. The number of likely N-dealkylation sites (tertiary alicyclic amines) is 1. The Labute approximate surface area is 135 Å². The molecule has 2 aliphatic rings. The molecule has 0 radical (unpaired) electrons. The Morgan fingerprint density at radius 2 is 1.91 bits per heavy atom. The van der Waals surface area contributed by atoms with Gasteiger partial charge in [-0.1, -0.05) is 12.1 Å². The van der Waals surface area contributed by atoms with Crippen LogP contribution in [-0.2, 0) is 0 Å². The fourth-order valence-corrected chi connectivity index (χ4v) is 3.35. The van der Waals surface area contributed by atoms with Crippen LogP contribution >= 0.6 is 12.4 Å². The molecule has 2 aromatic rings. The highest BCUT2D eigenvalue weighted by molar-refractivity contribution is 5.93. The van der Waals surface area contributed by atoms with Gasteiger partial charge in [0.1, 0.15) is 5.69 Å². The topological polar surface area (TPSA) is 58.1 Å². The van der Waals surface area contributed by atoms with Crippen LogP contribution in [0, 0.1) is 0 Å². The summed E-state index contributed by atoms with van der Waals surface area (Å²) in [6.07, 6.45) is 5.03. The van der Waals surface area contributed by atoms with Crippen molar-refractivity contribution in [2.75, 3.05) is 13.1 Å². The van der Waals surface area contributed by atoms with E-state index in [1.54, 1.807) is 6.20 Å². The van der Waals surface area contributed by atoms with Crippen LogP contribution in [0.1, 0.15) is 29.8 Å². The van der Waals surface area contributed by atoms with Crippen LogP contribution in [0.2, 0.25) is 0 Å². The van der Waals surface area contributed by atoms with Gasteiger partial charge in [0.2, 0.25) is 0 Å². The van der Waals surface area contributed by atoms with E-state index in [2.05, 4.69) is 15.3 Å². The van der Waals surface area contributed by atoms with Crippen molar-refractivity contribution in [2.24, 2.45) is 0 Å². The molecule has 4 rings (SSSR count). The lowest BCUT2D eigenvalue weighted by Gasteiger charge is -2.23. The van der Waals surface area contributed by atoms with Crippen LogP contribution in [0.5, 0.6) is 0 Å². The van der Waals surface area contributed by atoms with Crippen LogP contribution < -0.4 is 5.32 Å². The number of hydrogen-bond donors (Lipinski definition) is 1. The molecule has 5 nitrogen and oxygen atoms in total. The minimum atomic E-state index is 0. The Kier molecular flexibility index (Phi) is 4.27. The van der Waals surface area contributed by atoms with E-state index >= 15 is 0 Å². The Morgan fingerprint density at radius 3 is 2.77 bits per heavy atom. The fourth-order valence-electron chi connectivity index (χ4n) is 3.35. The maximum atomic E-state index is 12.7. The molecule has 0 aliphatic carbocycles. The Balaban J connectivity index is 0.00000144. The number of benzene rings is 1. The lowest BCUT2D eigenvalue weighted by Crippen LogP contribution is -2.39. The first-order valence-corrected chi connectivity index (χ1v) is 7.57. The van der Waals surface area contributed by atoms with Gasteiger partial charge in [0, 0.05) is 25.2 Å². The molecule has 116 valence electrons. The lowest BCUT2D eigenvalue weighted by molar-refractivity contribution is 0.0742. The van der Waals surface area contributed by atoms with Gasteiger partial charge in [-0.15, -0.1) is 12.4 Å². The summed E-state index contributed by atoms with van der Waals surface area (Å²) in [7, 11) is 0. The van der Waals surface area contributed by atoms with Gasteiger partial charge in [-0.25, -0.2) is 4.98 Å². The summed E-state index contributed by atoms with van der Waals surface area (Å²) in [4.78, 5) is 23.4. The number of amides is 1. The predicted octanol–water partition coefficient (Wildman–Crippen LogP) is 2.02. The van der Waals surface area contributed by atoms with Crippen LogP contribution in [0.15, 0.2) is 30.5 Å². The maximum Gasteiger partial charge on any atom is 0.274 e. The summed E-state index contributed by atoms with van der Waals surface area (Å²) in [6, 6.07) is 8.66. The van der Waals surface area contributed by atoms with E-state index < -0.39 is 0 Å². The zero-order valence-electron chi connectivity index (χ0n) is 12.2. The van der Waals surface area contributed by atoms with E-state index in [0.29, 0.717) is 17.8 Å². The molecule has 6 heteroatoms. The molecule has 2 bridgehead atoms. The summed E-state index contributed by atoms with van der Waals surface area (Å²) in [5.41, 5.74) is 2.05. The standard InChI is InChI=1S/C16H18N4O.ClH/c21-16(20-8-7-11-5-6-12(10-20)18-11)15-9-17-13-3-1-2-4-14(13)19-15;/h1-4,9,11-12,18H,5-8,10H2;1H/t11-,12+;/m1./s1. The van der Waals surface area contributed by atoms with Gasteiger partial charge < -0.3 is 10.2 Å². The SMILES string of the molecule is Cl.O=C(c1cnc2ccccc2n1)N1CC[C@H]2CC[C@@H](C1)N2. The van der Waals surface area contributed by atoms with E-state index in [0.717, 1.165) is 37.0 Å². The highest BCUT2D eigenvalue weighted by atomic mass is 35.5. The summed E-state index contributed by atoms with van der Waals surface area (Å²) in [5.74, 6) is 0.00241. The van der Waals surface area contributed by atoms with E-state index in [9.17, 15) is 4.79 Å². The molecule has 3 heterocycles. The van der Waals surface area contributed by atoms with Gasteiger partial charge in [-0.05, 0) is 31.4 Å². The average Bonchev–Trinajstić information content (AvgIpc) is 2.85. The highest BCUT2D eigenvalue weighted by Gasteiger charge is 2.31. The third-order valence-corrected chi connectivity index (χ3v) is 4.48. The van der Waals surface area contributed by atoms with E-state index in [1.807, 2.05) is 29.2 Å². The molecule has 2 atom stereocenters. The third-order valence-electron chi connectivity index (χ3n) is 4.48. The van der Waals surface area contributed by atoms with Crippen molar-refractivity contribution in [1.29, 1.82) is 0 Å². The zero-order chi connectivity index (χ0) is 14.2. The predicted molar refractivity (Wildman–Crippen MR) is 87.3 cm³/mol. The Morgan fingerprint density at radius 1 is 1.14 bits per heavy atom. The molecule has 1 N–H and O–H groups in total. The smallest absolute Gasteiger partial charge is 0.274 e. The monoisotopic (exact) mass is 318 g/mol. The number of hydrogen-bond acceptors (Lipinski definition) is 4. The summed E-state index contributed by atoms with van der Waals surface area (Å²) >= 11 is 0. The number of aromatic nitrogens is 2. The van der Waals surface area contributed by atoms with Crippen molar-refractivity contribution in [3.8, 4) is 0 Å². The number of rotatable bonds is 1.